The van der Waals surface area contributed by atoms with Gasteiger partial charge in [0, 0.05) is 12.6 Å². The lowest BCUT2D eigenvalue weighted by Gasteiger charge is -2.32. The third-order valence-electron chi connectivity index (χ3n) is 5.45. The van der Waals surface area contributed by atoms with E-state index in [9.17, 15) is 4.79 Å². The average molecular weight is 281 g/mol. The van der Waals surface area contributed by atoms with Crippen molar-refractivity contribution in [1.82, 2.24) is 10.2 Å². The maximum atomic E-state index is 12.5. The highest BCUT2D eigenvalue weighted by molar-refractivity contribution is 5.81. The minimum Gasteiger partial charge on any atom is -0.352 e. The molecule has 0 bridgehead atoms. The molecule has 0 aromatic rings. The molecule has 116 valence electrons. The molecule has 4 unspecified atom stereocenters. The molecule has 1 saturated carbocycles. The lowest BCUT2D eigenvalue weighted by Crippen LogP contribution is -2.50. The number of nitrogens with two attached hydrogens (primary N) is 1. The number of rotatable bonds is 4. The largest absolute Gasteiger partial charge is 0.352 e. The van der Waals surface area contributed by atoms with Gasteiger partial charge >= 0.3 is 0 Å². The number of carbonyl (C=O) groups is 1. The Bertz CT molecular complexity index is 347. The standard InChI is InChI=1S/C16H31N3O/c1-12-6-4-5-7-14(12)18-15(20)13(2)19-9-8-16(3,10-17)11-19/h12-14H,4-11,17H2,1-3H3,(H,18,20). The highest BCUT2D eigenvalue weighted by atomic mass is 16.2. The number of nitrogens with zero attached hydrogens (tertiary/aromatic N) is 1. The van der Waals surface area contributed by atoms with Crippen LogP contribution in [-0.4, -0.2) is 42.5 Å². The van der Waals surface area contributed by atoms with Crippen LogP contribution in [0.2, 0.25) is 0 Å². The molecular formula is C16H31N3O. The predicted octanol–water partition coefficient (Wildman–Crippen LogP) is 1.74. The Hall–Kier alpha value is -0.610. The summed E-state index contributed by atoms with van der Waals surface area (Å²) in [6.45, 7) is 9.15. The summed E-state index contributed by atoms with van der Waals surface area (Å²) in [5, 5.41) is 3.28. The van der Waals surface area contributed by atoms with Gasteiger partial charge < -0.3 is 11.1 Å². The van der Waals surface area contributed by atoms with E-state index >= 15 is 0 Å². The quantitative estimate of drug-likeness (QED) is 0.825. The van der Waals surface area contributed by atoms with Crippen molar-refractivity contribution in [1.29, 1.82) is 0 Å². The molecule has 1 amide bonds. The Morgan fingerprint density at radius 3 is 2.75 bits per heavy atom. The smallest absolute Gasteiger partial charge is 0.237 e. The number of hydrogen-bond acceptors (Lipinski definition) is 3. The lowest BCUT2D eigenvalue weighted by atomic mass is 9.86. The van der Waals surface area contributed by atoms with E-state index in [0.29, 0.717) is 18.5 Å². The van der Waals surface area contributed by atoms with Gasteiger partial charge in [-0.2, -0.15) is 0 Å². The number of nitrogens with one attached hydrogen (secondary N) is 1. The van der Waals surface area contributed by atoms with Crippen LogP contribution in [0.5, 0.6) is 0 Å². The summed E-state index contributed by atoms with van der Waals surface area (Å²) in [4.78, 5) is 14.7. The molecule has 1 heterocycles. The zero-order chi connectivity index (χ0) is 14.8. The van der Waals surface area contributed by atoms with Gasteiger partial charge in [-0.25, -0.2) is 0 Å². The summed E-state index contributed by atoms with van der Waals surface area (Å²) in [7, 11) is 0. The fourth-order valence-corrected chi connectivity index (χ4v) is 3.56. The molecule has 1 aliphatic carbocycles. The molecule has 0 radical (unpaired) electrons. The van der Waals surface area contributed by atoms with Crippen LogP contribution in [-0.2, 0) is 4.79 Å². The zero-order valence-corrected chi connectivity index (χ0v) is 13.3. The van der Waals surface area contributed by atoms with Crippen LogP contribution < -0.4 is 11.1 Å². The van der Waals surface area contributed by atoms with Crippen LogP contribution >= 0.6 is 0 Å². The van der Waals surface area contributed by atoms with Gasteiger partial charge in [-0.15, -0.1) is 0 Å². The van der Waals surface area contributed by atoms with Crippen molar-refractivity contribution < 1.29 is 4.79 Å². The van der Waals surface area contributed by atoms with Crippen molar-refractivity contribution in [2.24, 2.45) is 17.1 Å². The van der Waals surface area contributed by atoms with Gasteiger partial charge in [-0.1, -0.05) is 26.7 Å². The van der Waals surface area contributed by atoms with Crippen LogP contribution in [0.15, 0.2) is 0 Å². The van der Waals surface area contributed by atoms with Gasteiger partial charge in [0.15, 0.2) is 0 Å². The van der Waals surface area contributed by atoms with E-state index in [1.807, 2.05) is 6.92 Å². The minimum absolute atomic E-state index is 0.0301. The first-order valence-corrected chi connectivity index (χ1v) is 8.20. The minimum atomic E-state index is -0.0301. The molecule has 0 aromatic carbocycles. The number of amides is 1. The molecule has 0 spiro atoms. The van der Waals surface area contributed by atoms with Crippen molar-refractivity contribution in [3.8, 4) is 0 Å². The molecule has 2 fully saturated rings. The van der Waals surface area contributed by atoms with E-state index in [1.165, 1.54) is 19.3 Å². The monoisotopic (exact) mass is 281 g/mol. The van der Waals surface area contributed by atoms with Crippen LogP contribution in [0.3, 0.4) is 0 Å². The molecule has 2 aliphatic rings. The van der Waals surface area contributed by atoms with E-state index in [0.717, 1.165) is 25.9 Å². The molecule has 1 saturated heterocycles. The summed E-state index contributed by atoms with van der Waals surface area (Å²) in [5.74, 6) is 0.817. The summed E-state index contributed by atoms with van der Waals surface area (Å²) < 4.78 is 0. The average Bonchev–Trinajstić information content (AvgIpc) is 2.84. The fraction of sp³-hybridized carbons (Fsp3) is 0.938. The maximum Gasteiger partial charge on any atom is 0.237 e. The number of carbonyl (C=O) groups excluding carboxylic acids is 1. The SMILES string of the molecule is CC1CCCCC1NC(=O)C(C)N1CCC(C)(CN)C1. The van der Waals surface area contributed by atoms with E-state index in [1.54, 1.807) is 0 Å². The van der Waals surface area contributed by atoms with Gasteiger partial charge in [0.2, 0.25) is 5.91 Å². The Balaban J connectivity index is 1.86. The second-order valence-corrected chi connectivity index (χ2v) is 7.29. The van der Waals surface area contributed by atoms with Gasteiger partial charge in [0.25, 0.3) is 0 Å². The molecule has 1 aliphatic heterocycles. The molecule has 4 atom stereocenters. The number of hydrogen-bond donors (Lipinski definition) is 2. The summed E-state index contributed by atoms with van der Waals surface area (Å²) >= 11 is 0. The molecule has 0 aromatic heterocycles. The molecule has 4 nitrogen and oxygen atoms in total. The molecular weight excluding hydrogens is 250 g/mol. The van der Waals surface area contributed by atoms with Crippen molar-refractivity contribution >= 4 is 5.91 Å². The van der Waals surface area contributed by atoms with Crippen LogP contribution in [0.1, 0.15) is 52.9 Å². The van der Waals surface area contributed by atoms with Crippen molar-refractivity contribution in [3.05, 3.63) is 0 Å². The highest BCUT2D eigenvalue weighted by Crippen LogP contribution is 2.30. The lowest BCUT2D eigenvalue weighted by molar-refractivity contribution is -0.126. The van der Waals surface area contributed by atoms with Gasteiger partial charge in [0.1, 0.15) is 0 Å². The Morgan fingerprint density at radius 2 is 2.15 bits per heavy atom. The van der Waals surface area contributed by atoms with E-state index in [-0.39, 0.29) is 17.4 Å². The maximum absolute atomic E-state index is 12.5. The van der Waals surface area contributed by atoms with E-state index in [2.05, 4.69) is 24.1 Å². The van der Waals surface area contributed by atoms with Crippen LogP contribution in [0.25, 0.3) is 0 Å². The molecule has 20 heavy (non-hydrogen) atoms. The predicted molar refractivity (Wildman–Crippen MR) is 82.4 cm³/mol. The van der Waals surface area contributed by atoms with Gasteiger partial charge in [0.05, 0.1) is 6.04 Å². The van der Waals surface area contributed by atoms with Crippen LogP contribution in [0.4, 0.5) is 0 Å². The van der Waals surface area contributed by atoms with Crippen LogP contribution in [0, 0.1) is 11.3 Å². The third kappa shape index (κ3) is 3.53. The third-order valence-corrected chi connectivity index (χ3v) is 5.45. The zero-order valence-electron chi connectivity index (χ0n) is 13.3. The summed E-state index contributed by atoms with van der Waals surface area (Å²) in [5.41, 5.74) is 6.03. The number of likely N-dealkylation sites (tertiary alicyclic amines) is 1. The second-order valence-electron chi connectivity index (χ2n) is 7.29. The highest BCUT2D eigenvalue weighted by Gasteiger charge is 2.37. The fourth-order valence-electron chi connectivity index (χ4n) is 3.56. The topological polar surface area (TPSA) is 58.4 Å². The first kappa shape index (κ1) is 15.8. The molecule has 3 N–H and O–H groups in total. The van der Waals surface area contributed by atoms with Crippen molar-refractivity contribution in [2.45, 2.75) is 65.0 Å². The first-order valence-electron chi connectivity index (χ1n) is 8.20. The second kappa shape index (κ2) is 6.44. The van der Waals surface area contributed by atoms with Gasteiger partial charge in [-0.3, -0.25) is 9.69 Å². The molecule has 2 rings (SSSR count). The van der Waals surface area contributed by atoms with Crippen molar-refractivity contribution in [3.63, 3.8) is 0 Å². The van der Waals surface area contributed by atoms with E-state index in [4.69, 9.17) is 5.73 Å². The summed E-state index contributed by atoms with van der Waals surface area (Å²) in [6, 6.07) is 0.347. The first-order chi connectivity index (χ1) is 9.45. The van der Waals surface area contributed by atoms with Gasteiger partial charge in [-0.05, 0) is 50.6 Å². The Kier molecular flexibility index (Phi) is 5.08. The normalized spacial score (nSPS) is 36.8. The molecule has 4 heteroatoms. The van der Waals surface area contributed by atoms with Crippen molar-refractivity contribution in [2.75, 3.05) is 19.6 Å². The summed E-state index contributed by atoms with van der Waals surface area (Å²) in [6.07, 6.45) is 6.04. The van der Waals surface area contributed by atoms with E-state index < -0.39 is 0 Å². The Labute approximate surface area is 123 Å². The Morgan fingerprint density at radius 1 is 1.45 bits per heavy atom.